The molecule has 1 aromatic heterocycles. The van der Waals surface area contributed by atoms with Gasteiger partial charge < -0.3 is 15.4 Å². The molecule has 0 unspecified atom stereocenters. The van der Waals surface area contributed by atoms with Crippen molar-refractivity contribution in [3.05, 3.63) is 57.8 Å². The van der Waals surface area contributed by atoms with Gasteiger partial charge in [-0.25, -0.2) is 0 Å². The second-order valence-electron chi connectivity index (χ2n) is 6.07. The minimum absolute atomic E-state index is 0.768. The summed E-state index contributed by atoms with van der Waals surface area (Å²) >= 11 is 1.71. The Labute approximate surface area is 153 Å². The lowest BCUT2D eigenvalue weighted by Crippen LogP contribution is -2.37. The summed E-state index contributed by atoms with van der Waals surface area (Å²) in [5.41, 5.74) is 3.96. The molecule has 3 rings (SSSR count). The molecule has 0 aliphatic carbocycles. The fourth-order valence-corrected chi connectivity index (χ4v) is 3.53. The van der Waals surface area contributed by atoms with Crippen molar-refractivity contribution in [1.29, 1.82) is 0 Å². The number of ether oxygens (including phenoxy) is 1. The average molecular weight is 359 g/mol. The lowest BCUT2D eigenvalue weighted by atomic mass is 10.1. The fraction of sp³-hybridized carbons (Fsp3) is 0.421. The number of nitrogens with one attached hydrogen (secondary N) is 2. The van der Waals surface area contributed by atoms with Gasteiger partial charge in [0.1, 0.15) is 0 Å². The molecule has 5 nitrogen and oxygen atoms in total. The standard InChI is InChI=1S/C19H26N4OS/c1-20-19(21-12-16-6-11-25-15-16)22-13-17-4-2-3-5-18(17)14-23-7-9-24-10-8-23/h2-6,11,15H,7-10,12-14H2,1H3,(H2,20,21,22). The molecule has 0 saturated carbocycles. The van der Waals surface area contributed by atoms with Crippen molar-refractivity contribution in [2.75, 3.05) is 33.4 Å². The maximum Gasteiger partial charge on any atom is 0.191 e. The smallest absolute Gasteiger partial charge is 0.191 e. The van der Waals surface area contributed by atoms with E-state index in [1.54, 1.807) is 11.3 Å². The number of guanidine groups is 1. The Hall–Kier alpha value is -1.89. The largest absolute Gasteiger partial charge is 0.379 e. The van der Waals surface area contributed by atoms with Gasteiger partial charge in [0.25, 0.3) is 0 Å². The van der Waals surface area contributed by atoms with Gasteiger partial charge in [0.05, 0.1) is 13.2 Å². The van der Waals surface area contributed by atoms with Gasteiger partial charge >= 0.3 is 0 Å². The Morgan fingerprint density at radius 1 is 1.12 bits per heavy atom. The van der Waals surface area contributed by atoms with Crippen molar-refractivity contribution in [3.63, 3.8) is 0 Å². The highest BCUT2D eigenvalue weighted by Gasteiger charge is 2.12. The minimum atomic E-state index is 0.768. The highest BCUT2D eigenvalue weighted by atomic mass is 32.1. The molecule has 0 amide bonds. The van der Waals surface area contributed by atoms with Gasteiger partial charge in [-0.15, -0.1) is 0 Å². The summed E-state index contributed by atoms with van der Waals surface area (Å²) in [5.74, 6) is 0.826. The molecule has 1 aromatic carbocycles. The Kier molecular flexibility index (Phi) is 6.85. The van der Waals surface area contributed by atoms with Gasteiger partial charge in [0.2, 0.25) is 0 Å². The first-order valence-electron chi connectivity index (χ1n) is 8.67. The van der Waals surface area contributed by atoms with E-state index in [4.69, 9.17) is 4.74 Å². The summed E-state index contributed by atoms with van der Waals surface area (Å²) in [6, 6.07) is 10.7. The zero-order valence-electron chi connectivity index (χ0n) is 14.7. The molecule has 0 radical (unpaired) electrons. The van der Waals surface area contributed by atoms with Crippen LogP contribution >= 0.6 is 11.3 Å². The normalized spacial score (nSPS) is 16.0. The number of nitrogens with zero attached hydrogens (tertiary/aromatic N) is 2. The van der Waals surface area contributed by atoms with Crippen LogP contribution in [-0.4, -0.2) is 44.2 Å². The summed E-state index contributed by atoms with van der Waals surface area (Å²) in [6.45, 7) is 6.21. The third-order valence-corrected chi connectivity index (χ3v) is 5.06. The number of aliphatic imine (C=N–C) groups is 1. The number of morpholine rings is 1. The third kappa shape index (κ3) is 5.56. The molecule has 1 aliphatic heterocycles. The van der Waals surface area contributed by atoms with E-state index < -0.39 is 0 Å². The average Bonchev–Trinajstić information content (AvgIpc) is 3.17. The van der Waals surface area contributed by atoms with Gasteiger partial charge in [0.15, 0.2) is 5.96 Å². The molecule has 2 N–H and O–H groups in total. The monoisotopic (exact) mass is 358 g/mol. The number of thiophene rings is 1. The SMILES string of the molecule is CN=C(NCc1ccsc1)NCc1ccccc1CN1CCOCC1. The molecular formula is C19H26N4OS. The molecule has 134 valence electrons. The van der Waals surface area contributed by atoms with Crippen LogP contribution in [0.15, 0.2) is 46.1 Å². The summed E-state index contributed by atoms with van der Waals surface area (Å²) in [5, 5.41) is 11.0. The Morgan fingerprint density at radius 3 is 2.60 bits per heavy atom. The number of hydrogen-bond donors (Lipinski definition) is 2. The zero-order chi connectivity index (χ0) is 17.3. The number of benzene rings is 1. The molecule has 2 aromatic rings. The Bertz CT molecular complexity index is 666. The molecule has 1 fully saturated rings. The van der Waals surface area contributed by atoms with Crippen molar-refractivity contribution >= 4 is 17.3 Å². The van der Waals surface area contributed by atoms with E-state index in [9.17, 15) is 0 Å². The van der Waals surface area contributed by atoms with Crippen LogP contribution < -0.4 is 10.6 Å². The van der Waals surface area contributed by atoms with E-state index >= 15 is 0 Å². The van der Waals surface area contributed by atoms with Gasteiger partial charge in [-0.05, 0) is 33.5 Å². The van der Waals surface area contributed by atoms with E-state index in [1.165, 1.54) is 16.7 Å². The first-order valence-corrected chi connectivity index (χ1v) is 9.62. The van der Waals surface area contributed by atoms with Crippen LogP contribution in [0.25, 0.3) is 0 Å². The number of rotatable bonds is 6. The van der Waals surface area contributed by atoms with Gasteiger partial charge in [-0.2, -0.15) is 11.3 Å². The molecule has 0 bridgehead atoms. The number of hydrogen-bond acceptors (Lipinski definition) is 4. The van der Waals surface area contributed by atoms with Crippen LogP contribution in [0.4, 0.5) is 0 Å². The van der Waals surface area contributed by atoms with Gasteiger partial charge in [-0.3, -0.25) is 9.89 Å². The molecule has 2 heterocycles. The van der Waals surface area contributed by atoms with E-state index in [-0.39, 0.29) is 0 Å². The highest BCUT2D eigenvalue weighted by Crippen LogP contribution is 2.13. The summed E-state index contributed by atoms with van der Waals surface area (Å²) in [7, 11) is 1.81. The van der Waals surface area contributed by atoms with Crippen LogP contribution in [0, 0.1) is 0 Å². The first-order chi connectivity index (χ1) is 12.3. The van der Waals surface area contributed by atoms with Crippen molar-refractivity contribution in [1.82, 2.24) is 15.5 Å². The lowest BCUT2D eigenvalue weighted by molar-refractivity contribution is 0.0341. The summed E-state index contributed by atoms with van der Waals surface area (Å²) in [6.07, 6.45) is 0. The highest BCUT2D eigenvalue weighted by molar-refractivity contribution is 7.07. The van der Waals surface area contributed by atoms with Crippen molar-refractivity contribution in [2.24, 2.45) is 4.99 Å². The zero-order valence-corrected chi connectivity index (χ0v) is 15.5. The molecule has 25 heavy (non-hydrogen) atoms. The third-order valence-electron chi connectivity index (χ3n) is 4.33. The predicted molar refractivity (Wildman–Crippen MR) is 104 cm³/mol. The molecule has 6 heteroatoms. The quantitative estimate of drug-likeness (QED) is 0.615. The second kappa shape index (κ2) is 9.56. The van der Waals surface area contributed by atoms with Crippen LogP contribution in [0.2, 0.25) is 0 Å². The Balaban J connectivity index is 1.54. The van der Waals surface area contributed by atoms with Crippen LogP contribution in [0.3, 0.4) is 0 Å². The van der Waals surface area contributed by atoms with Crippen LogP contribution in [0.5, 0.6) is 0 Å². The van der Waals surface area contributed by atoms with Crippen molar-refractivity contribution < 1.29 is 4.74 Å². The van der Waals surface area contributed by atoms with Crippen LogP contribution in [-0.2, 0) is 24.4 Å². The minimum Gasteiger partial charge on any atom is -0.379 e. The fourth-order valence-electron chi connectivity index (χ4n) is 2.86. The topological polar surface area (TPSA) is 48.9 Å². The summed E-state index contributed by atoms with van der Waals surface area (Å²) < 4.78 is 5.44. The molecule has 0 atom stereocenters. The van der Waals surface area contributed by atoms with E-state index in [1.807, 2.05) is 7.05 Å². The van der Waals surface area contributed by atoms with E-state index in [0.717, 1.165) is 51.9 Å². The maximum absolute atomic E-state index is 5.44. The van der Waals surface area contributed by atoms with E-state index in [2.05, 4.69) is 61.6 Å². The van der Waals surface area contributed by atoms with E-state index in [0.29, 0.717) is 0 Å². The summed E-state index contributed by atoms with van der Waals surface area (Å²) in [4.78, 5) is 6.77. The van der Waals surface area contributed by atoms with Crippen molar-refractivity contribution in [3.8, 4) is 0 Å². The molecule has 1 saturated heterocycles. The lowest BCUT2D eigenvalue weighted by Gasteiger charge is -2.27. The van der Waals surface area contributed by atoms with Gasteiger partial charge in [-0.1, -0.05) is 24.3 Å². The predicted octanol–water partition coefficient (Wildman–Crippen LogP) is 2.45. The molecular weight excluding hydrogens is 332 g/mol. The Morgan fingerprint density at radius 2 is 1.88 bits per heavy atom. The molecule has 0 spiro atoms. The second-order valence-corrected chi connectivity index (χ2v) is 6.85. The molecule has 1 aliphatic rings. The van der Waals surface area contributed by atoms with Gasteiger partial charge in [0, 0.05) is 39.8 Å². The first kappa shape index (κ1) is 17.9. The maximum atomic E-state index is 5.44. The van der Waals surface area contributed by atoms with Crippen LogP contribution in [0.1, 0.15) is 16.7 Å². The van der Waals surface area contributed by atoms with Crippen molar-refractivity contribution in [2.45, 2.75) is 19.6 Å².